The normalized spacial score (nSPS) is 10.7. The number of fused-ring (bicyclic) bond motifs is 1. The Balaban J connectivity index is 2.03. The van der Waals surface area contributed by atoms with E-state index in [1.54, 1.807) is 30.7 Å². The number of aromatic amines is 1. The lowest BCUT2D eigenvalue weighted by Crippen LogP contribution is -2.03. The Kier molecular flexibility index (Phi) is 3.48. The molecule has 0 spiro atoms. The first-order valence-electron chi connectivity index (χ1n) is 7.15. The molecule has 0 saturated carbocycles. The molecule has 9 heteroatoms. The van der Waals surface area contributed by atoms with Crippen LogP contribution in [0.2, 0.25) is 5.02 Å². The number of H-pyrrole nitrogens is 1. The van der Waals surface area contributed by atoms with E-state index in [4.69, 9.17) is 17.3 Å². The van der Waals surface area contributed by atoms with Crippen LogP contribution in [0, 0.1) is 11.3 Å². The number of benzene rings is 1. The number of halogens is 1. The first-order valence-corrected chi connectivity index (χ1v) is 7.53. The van der Waals surface area contributed by atoms with Gasteiger partial charge in [0.25, 0.3) is 0 Å². The predicted octanol–water partition coefficient (Wildman–Crippen LogP) is 2.58. The molecule has 0 radical (unpaired) electrons. The first kappa shape index (κ1) is 15.0. The van der Waals surface area contributed by atoms with Gasteiger partial charge in [0.05, 0.1) is 34.8 Å². The van der Waals surface area contributed by atoms with Gasteiger partial charge in [-0.15, -0.1) is 0 Å². The topological polar surface area (TPSA) is 130 Å². The van der Waals surface area contributed by atoms with E-state index in [-0.39, 0.29) is 11.5 Å². The summed E-state index contributed by atoms with van der Waals surface area (Å²) in [7, 11) is 0. The molecule has 3 aromatic heterocycles. The zero-order valence-corrected chi connectivity index (χ0v) is 13.4. The van der Waals surface area contributed by atoms with E-state index < -0.39 is 0 Å². The highest BCUT2D eigenvalue weighted by molar-refractivity contribution is 6.35. The van der Waals surface area contributed by atoms with Crippen LogP contribution in [-0.2, 0) is 0 Å². The number of nitrogens with two attached hydrogens (primary N) is 1. The van der Waals surface area contributed by atoms with Crippen LogP contribution in [0.1, 0.15) is 5.69 Å². The summed E-state index contributed by atoms with van der Waals surface area (Å²) < 4.78 is 0. The monoisotopic (exact) mass is 348 g/mol. The highest BCUT2D eigenvalue weighted by Crippen LogP contribution is 2.34. The Hall–Kier alpha value is -3.57. The zero-order valence-electron chi connectivity index (χ0n) is 12.6. The van der Waals surface area contributed by atoms with Crippen LogP contribution in [0.25, 0.3) is 33.4 Å². The fraction of sp³-hybridized carbons (Fsp3) is 0. The van der Waals surface area contributed by atoms with Crippen LogP contribution < -0.4 is 5.73 Å². The lowest BCUT2D eigenvalue weighted by molar-refractivity contribution is 1.03. The van der Waals surface area contributed by atoms with Crippen molar-refractivity contribution in [3.63, 3.8) is 0 Å². The molecule has 4 aromatic rings. The molecule has 25 heavy (non-hydrogen) atoms. The van der Waals surface area contributed by atoms with Crippen molar-refractivity contribution in [3.05, 3.63) is 47.5 Å². The van der Waals surface area contributed by atoms with Crippen LogP contribution in [-0.4, -0.2) is 30.4 Å². The third-order valence-corrected chi connectivity index (χ3v) is 3.96. The Morgan fingerprint density at radius 1 is 1.08 bits per heavy atom. The smallest absolute Gasteiger partial charge is 0.183 e. The van der Waals surface area contributed by atoms with Gasteiger partial charge in [0.15, 0.2) is 11.5 Å². The fourth-order valence-electron chi connectivity index (χ4n) is 2.51. The van der Waals surface area contributed by atoms with E-state index in [9.17, 15) is 5.26 Å². The molecule has 0 aliphatic carbocycles. The van der Waals surface area contributed by atoms with Crippen LogP contribution in [0.3, 0.4) is 0 Å². The molecule has 0 bridgehead atoms. The molecule has 4 rings (SSSR count). The van der Waals surface area contributed by atoms with E-state index in [0.717, 1.165) is 10.9 Å². The molecule has 0 atom stereocenters. The molecule has 3 N–H and O–H groups in total. The number of anilines is 1. The van der Waals surface area contributed by atoms with Crippen molar-refractivity contribution in [2.75, 3.05) is 5.73 Å². The number of nitrogens with one attached hydrogen (secondary N) is 1. The minimum absolute atomic E-state index is 0.0455. The SMILES string of the molecule is N#Cc1nc(-c2cc(Cl)c3[nH]ncc3c2)c(-c2ccnnc2)nc1N. The molecule has 1 aromatic carbocycles. The summed E-state index contributed by atoms with van der Waals surface area (Å²) in [6.07, 6.45) is 4.76. The standard InChI is InChI=1S/C16H9ClN8/c17-11-4-9(3-10-7-22-25-13(10)11)15-14(8-1-2-20-21-6-8)24-16(19)12(5-18)23-15/h1-4,6-7H,(H2,19,24)(H,22,25). The van der Waals surface area contributed by atoms with Crippen molar-refractivity contribution in [2.24, 2.45) is 0 Å². The average molecular weight is 349 g/mol. The predicted molar refractivity (Wildman–Crippen MR) is 92.3 cm³/mol. The summed E-state index contributed by atoms with van der Waals surface area (Å²) in [6, 6.07) is 7.30. The highest BCUT2D eigenvalue weighted by atomic mass is 35.5. The van der Waals surface area contributed by atoms with Gasteiger partial charge in [-0.25, -0.2) is 9.97 Å². The van der Waals surface area contributed by atoms with Gasteiger partial charge in [0.2, 0.25) is 0 Å². The molecule has 0 fully saturated rings. The number of hydrogen-bond donors (Lipinski definition) is 2. The van der Waals surface area contributed by atoms with Gasteiger partial charge in [0.1, 0.15) is 11.8 Å². The van der Waals surface area contributed by atoms with Gasteiger partial charge in [-0.3, -0.25) is 5.10 Å². The molecule has 0 saturated heterocycles. The lowest BCUT2D eigenvalue weighted by Gasteiger charge is -2.10. The minimum atomic E-state index is 0.0455. The van der Waals surface area contributed by atoms with Gasteiger partial charge in [0, 0.05) is 16.5 Å². The summed E-state index contributed by atoms with van der Waals surface area (Å²) in [5.41, 5.74) is 8.95. The number of rotatable bonds is 2. The van der Waals surface area contributed by atoms with E-state index in [1.807, 2.05) is 12.1 Å². The number of nitrogens with zero attached hydrogens (tertiary/aromatic N) is 6. The van der Waals surface area contributed by atoms with Gasteiger partial charge in [-0.2, -0.15) is 20.6 Å². The van der Waals surface area contributed by atoms with Crippen molar-refractivity contribution in [1.29, 1.82) is 5.26 Å². The first-order chi connectivity index (χ1) is 12.2. The van der Waals surface area contributed by atoms with Gasteiger partial charge >= 0.3 is 0 Å². The summed E-state index contributed by atoms with van der Waals surface area (Å²) in [5.74, 6) is 0.0496. The summed E-state index contributed by atoms with van der Waals surface area (Å²) >= 11 is 6.33. The number of nitriles is 1. The summed E-state index contributed by atoms with van der Waals surface area (Å²) in [4.78, 5) is 8.73. The fourth-order valence-corrected chi connectivity index (χ4v) is 2.78. The quantitative estimate of drug-likeness (QED) is 0.569. The molecule has 8 nitrogen and oxygen atoms in total. The second-order valence-corrected chi connectivity index (χ2v) is 5.60. The third kappa shape index (κ3) is 2.52. The highest BCUT2D eigenvalue weighted by Gasteiger charge is 2.17. The maximum atomic E-state index is 9.25. The molecule has 3 heterocycles. The van der Waals surface area contributed by atoms with Crippen molar-refractivity contribution in [2.45, 2.75) is 0 Å². The Morgan fingerprint density at radius 2 is 1.92 bits per heavy atom. The maximum absolute atomic E-state index is 9.25. The molecular weight excluding hydrogens is 340 g/mol. The minimum Gasteiger partial charge on any atom is -0.381 e. The summed E-state index contributed by atoms with van der Waals surface area (Å²) in [5, 5.41) is 25.0. The van der Waals surface area contributed by atoms with Crippen LogP contribution in [0.5, 0.6) is 0 Å². The summed E-state index contributed by atoms with van der Waals surface area (Å²) in [6.45, 7) is 0. The van der Waals surface area contributed by atoms with Crippen LogP contribution >= 0.6 is 11.6 Å². The maximum Gasteiger partial charge on any atom is 0.183 e. The number of hydrogen-bond acceptors (Lipinski definition) is 7. The third-order valence-electron chi connectivity index (χ3n) is 3.66. The second kappa shape index (κ2) is 5.81. The molecule has 0 unspecified atom stereocenters. The van der Waals surface area contributed by atoms with E-state index in [1.165, 1.54) is 0 Å². The average Bonchev–Trinajstić information content (AvgIpc) is 3.11. The number of aromatic nitrogens is 6. The van der Waals surface area contributed by atoms with E-state index >= 15 is 0 Å². The van der Waals surface area contributed by atoms with E-state index in [2.05, 4.69) is 30.4 Å². The van der Waals surface area contributed by atoms with Crippen molar-refractivity contribution in [3.8, 4) is 28.6 Å². The van der Waals surface area contributed by atoms with Crippen molar-refractivity contribution >= 4 is 28.3 Å². The van der Waals surface area contributed by atoms with Gasteiger partial charge < -0.3 is 5.73 Å². The van der Waals surface area contributed by atoms with Gasteiger partial charge in [-0.05, 0) is 18.2 Å². The Bertz CT molecular complexity index is 1130. The molecular formula is C16H9ClN8. The number of nitrogen functional groups attached to an aromatic ring is 1. The molecule has 0 amide bonds. The lowest BCUT2D eigenvalue weighted by atomic mass is 10.0. The molecule has 0 aliphatic rings. The Morgan fingerprint density at radius 3 is 2.68 bits per heavy atom. The van der Waals surface area contributed by atoms with Gasteiger partial charge in [-0.1, -0.05) is 11.6 Å². The van der Waals surface area contributed by atoms with Crippen molar-refractivity contribution in [1.82, 2.24) is 30.4 Å². The molecule has 0 aliphatic heterocycles. The zero-order chi connectivity index (χ0) is 17.4. The van der Waals surface area contributed by atoms with Crippen molar-refractivity contribution < 1.29 is 0 Å². The van der Waals surface area contributed by atoms with E-state index in [0.29, 0.717) is 27.5 Å². The molecule has 120 valence electrons. The Labute approximate surface area is 146 Å². The second-order valence-electron chi connectivity index (χ2n) is 5.19. The largest absolute Gasteiger partial charge is 0.381 e. The van der Waals surface area contributed by atoms with Crippen LogP contribution in [0.4, 0.5) is 5.82 Å². The van der Waals surface area contributed by atoms with Crippen LogP contribution in [0.15, 0.2) is 36.8 Å².